The van der Waals surface area contributed by atoms with Gasteiger partial charge in [-0.05, 0) is 58.4 Å². The SMILES string of the molecule is CC(C)(C)OC(=O)N1C2C=C(CCOCc3ccccc3)CC1CCC2. The van der Waals surface area contributed by atoms with Crippen molar-refractivity contribution in [3.05, 3.63) is 47.5 Å². The molecule has 1 aromatic rings. The predicted molar refractivity (Wildman–Crippen MR) is 103 cm³/mol. The molecule has 0 N–H and O–H groups in total. The summed E-state index contributed by atoms with van der Waals surface area (Å²) in [6.45, 7) is 7.17. The van der Waals surface area contributed by atoms with Crippen molar-refractivity contribution >= 4 is 6.09 Å². The molecule has 2 atom stereocenters. The predicted octanol–water partition coefficient (Wildman–Crippen LogP) is 5.08. The zero-order valence-corrected chi connectivity index (χ0v) is 16.2. The van der Waals surface area contributed by atoms with E-state index in [1.54, 1.807) is 0 Å². The molecule has 2 bridgehead atoms. The quantitative estimate of drug-likeness (QED) is 0.545. The van der Waals surface area contributed by atoms with Crippen molar-refractivity contribution in [3.63, 3.8) is 0 Å². The number of piperidine rings is 1. The Bertz CT molecular complexity index is 633. The topological polar surface area (TPSA) is 38.8 Å². The molecular weight excluding hydrogens is 326 g/mol. The van der Waals surface area contributed by atoms with Gasteiger partial charge in [-0.1, -0.05) is 42.0 Å². The van der Waals surface area contributed by atoms with Crippen molar-refractivity contribution in [2.75, 3.05) is 6.61 Å². The number of carbonyl (C=O) groups is 1. The van der Waals surface area contributed by atoms with Gasteiger partial charge in [0.05, 0.1) is 19.3 Å². The van der Waals surface area contributed by atoms with Crippen LogP contribution >= 0.6 is 0 Å². The molecule has 2 unspecified atom stereocenters. The van der Waals surface area contributed by atoms with E-state index in [2.05, 4.69) is 18.2 Å². The Morgan fingerprint density at radius 3 is 2.65 bits per heavy atom. The molecule has 142 valence electrons. The molecule has 1 aromatic carbocycles. The molecule has 1 amide bonds. The van der Waals surface area contributed by atoms with Crippen LogP contribution in [0, 0.1) is 0 Å². The Morgan fingerprint density at radius 1 is 1.19 bits per heavy atom. The third kappa shape index (κ3) is 5.10. The average molecular weight is 357 g/mol. The first kappa shape index (κ1) is 19.0. The molecule has 0 aliphatic carbocycles. The number of rotatable bonds is 5. The third-order valence-corrected chi connectivity index (χ3v) is 5.00. The molecule has 4 nitrogen and oxygen atoms in total. The number of nitrogens with zero attached hydrogens (tertiary/aromatic N) is 1. The number of ether oxygens (including phenoxy) is 2. The lowest BCUT2D eigenvalue weighted by molar-refractivity contribution is -0.00185. The van der Waals surface area contributed by atoms with E-state index in [-0.39, 0.29) is 18.2 Å². The van der Waals surface area contributed by atoms with Gasteiger partial charge in [-0.25, -0.2) is 4.79 Å². The Kier molecular flexibility index (Phi) is 6.02. The van der Waals surface area contributed by atoms with Crippen molar-refractivity contribution < 1.29 is 14.3 Å². The molecular formula is C22H31NO3. The van der Waals surface area contributed by atoms with Gasteiger partial charge in [-0.15, -0.1) is 0 Å². The maximum Gasteiger partial charge on any atom is 0.411 e. The molecule has 2 aliphatic rings. The number of fused-ring (bicyclic) bond motifs is 2. The van der Waals surface area contributed by atoms with E-state index in [9.17, 15) is 4.79 Å². The summed E-state index contributed by atoms with van der Waals surface area (Å²) in [4.78, 5) is 14.6. The lowest BCUT2D eigenvalue weighted by Crippen LogP contribution is -2.53. The van der Waals surface area contributed by atoms with Crippen LogP contribution in [0.25, 0.3) is 0 Å². The van der Waals surface area contributed by atoms with Gasteiger partial charge in [0, 0.05) is 6.04 Å². The first-order valence-corrected chi connectivity index (χ1v) is 9.75. The van der Waals surface area contributed by atoms with Gasteiger partial charge in [0.15, 0.2) is 0 Å². The highest BCUT2D eigenvalue weighted by atomic mass is 16.6. The maximum absolute atomic E-state index is 12.6. The zero-order valence-electron chi connectivity index (χ0n) is 16.2. The number of hydrogen-bond acceptors (Lipinski definition) is 3. The normalized spacial score (nSPS) is 22.7. The van der Waals surface area contributed by atoms with E-state index < -0.39 is 5.60 Å². The zero-order chi connectivity index (χ0) is 18.6. The molecule has 0 aromatic heterocycles. The second-order valence-corrected chi connectivity index (χ2v) is 8.36. The van der Waals surface area contributed by atoms with Crippen LogP contribution in [0.4, 0.5) is 4.79 Å². The van der Waals surface area contributed by atoms with Crippen molar-refractivity contribution in [3.8, 4) is 0 Å². The van der Waals surface area contributed by atoms with Crippen LogP contribution < -0.4 is 0 Å². The number of carbonyl (C=O) groups excluding carboxylic acids is 1. The molecule has 26 heavy (non-hydrogen) atoms. The molecule has 0 saturated carbocycles. The molecule has 3 rings (SSSR count). The lowest BCUT2D eigenvalue weighted by atomic mass is 9.84. The molecule has 0 spiro atoms. The summed E-state index contributed by atoms with van der Waals surface area (Å²) in [7, 11) is 0. The van der Waals surface area contributed by atoms with Crippen LogP contribution in [0.5, 0.6) is 0 Å². The van der Waals surface area contributed by atoms with Crippen LogP contribution in [-0.2, 0) is 16.1 Å². The first-order valence-electron chi connectivity index (χ1n) is 9.75. The molecule has 2 aliphatic heterocycles. The first-order chi connectivity index (χ1) is 12.4. The monoisotopic (exact) mass is 357 g/mol. The second-order valence-electron chi connectivity index (χ2n) is 8.36. The minimum Gasteiger partial charge on any atom is -0.444 e. The van der Waals surface area contributed by atoms with Gasteiger partial charge in [0.2, 0.25) is 0 Å². The molecule has 0 radical (unpaired) electrons. The maximum atomic E-state index is 12.6. The standard InChI is InChI=1S/C22H31NO3/c1-22(2,3)26-21(24)23-19-10-7-11-20(23)15-18(14-19)12-13-25-16-17-8-5-4-6-9-17/h4-6,8-9,14,19-20H,7,10-13,15-16H2,1-3H3. The summed E-state index contributed by atoms with van der Waals surface area (Å²) in [5, 5.41) is 0. The van der Waals surface area contributed by atoms with Gasteiger partial charge in [-0.3, -0.25) is 4.90 Å². The van der Waals surface area contributed by atoms with Gasteiger partial charge in [-0.2, -0.15) is 0 Å². The third-order valence-electron chi connectivity index (χ3n) is 5.00. The van der Waals surface area contributed by atoms with Crippen LogP contribution in [0.15, 0.2) is 42.0 Å². The number of hydrogen-bond donors (Lipinski definition) is 0. The molecule has 2 heterocycles. The summed E-state index contributed by atoms with van der Waals surface area (Å²) in [5.74, 6) is 0. The van der Waals surface area contributed by atoms with E-state index in [4.69, 9.17) is 9.47 Å². The fourth-order valence-electron chi connectivity index (χ4n) is 3.87. The van der Waals surface area contributed by atoms with Crippen LogP contribution in [0.3, 0.4) is 0 Å². The van der Waals surface area contributed by atoms with Crippen molar-refractivity contribution in [1.29, 1.82) is 0 Å². The highest BCUT2D eigenvalue weighted by Crippen LogP contribution is 2.35. The smallest absolute Gasteiger partial charge is 0.411 e. The van der Waals surface area contributed by atoms with E-state index >= 15 is 0 Å². The fourth-order valence-corrected chi connectivity index (χ4v) is 3.87. The highest BCUT2D eigenvalue weighted by molar-refractivity contribution is 5.70. The Labute approximate surface area is 157 Å². The Hall–Kier alpha value is -1.81. The van der Waals surface area contributed by atoms with Crippen molar-refractivity contribution in [1.82, 2.24) is 4.90 Å². The molecule has 1 saturated heterocycles. The number of amides is 1. The summed E-state index contributed by atoms with van der Waals surface area (Å²) in [6.07, 6.45) is 7.30. The van der Waals surface area contributed by atoms with E-state index in [0.29, 0.717) is 6.61 Å². The Balaban J connectivity index is 1.53. The fraction of sp³-hybridized carbons (Fsp3) is 0.591. The van der Waals surface area contributed by atoms with Crippen LogP contribution in [-0.4, -0.2) is 35.3 Å². The van der Waals surface area contributed by atoms with E-state index in [1.807, 2.05) is 43.9 Å². The van der Waals surface area contributed by atoms with Crippen LogP contribution in [0.1, 0.15) is 58.4 Å². The van der Waals surface area contributed by atoms with Gasteiger partial charge in [0.1, 0.15) is 5.60 Å². The van der Waals surface area contributed by atoms with Gasteiger partial charge in [0.25, 0.3) is 0 Å². The largest absolute Gasteiger partial charge is 0.444 e. The van der Waals surface area contributed by atoms with Crippen molar-refractivity contribution in [2.24, 2.45) is 0 Å². The summed E-state index contributed by atoms with van der Waals surface area (Å²) >= 11 is 0. The van der Waals surface area contributed by atoms with Crippen molar-refractivity contribution in [2.45, 2.75) is 77.2 Å². The minimum atomic E-state index is -0.444. The molecule has 1 fully saturated rings. The Morgan fingerprint density at radius 2 is 1.96 bits per heavy atom. The molecule has 4 heteroatoms. The van der Waals surface area contributed by atoms with Crippen LogP contribution in [0.2, 0.25) is 0 Å². The highest BCUT2D eigenvalue weighted by Gasteiger charge is 2.38. The summed E-state index contributed by atoms with van der Waals surface area (Å²) in [5.41, 5.74) is 2.19. The van der Waals surface area contributed by atoms with Gasteiger partial charge >= 0.3 is 6.09 Å². The summed E-state index contributed by atoms with van der Waals surface area (Å²) in [6, 6.07) is 10.7. The summed E-state index contributed by atoms with van der Waals surface area (Å²) < 4.78 is 11.5. The van der Waals surface area contributed by atoms with Gasteiger partial charge < -0.3 is 9.47 Å². The minimum absolute atomic E-state index is 0.164. The van der Waals surface area contributed by atoms with E-state index in [0.717, 1.165) is 32.3 Å². The average Bonchev–Trinajstić information content (AvgIpc) is 2.57. The second kappa shape index (κ2) is 8.26. The van der Waals surface area contributed by atoms with E-state index in [1.165, 1.54) is 17.6 Å². The number of benzene rings is 1. The lowest BCUT2D eigenvalue weighted by Gasteiger charge is -2.45.